The molecule has 0 aliphatic heterocycles. The fourth-order valence-electron chi connectivity index (χ4n) is 1.42. The fourth-order valence-corrected chi connectivity index (χ4v) is 1.42. The molecular weight excluding hydrogens is 174 g/mol. The van der Waals surface area contributed by atoms with Gasteiger partial charge in [-0.2, -0.15) is 0 Å². The van der Waals surface area contributed by atoms with Crippen LogP contribution in [0, 0.1) is 6.92 Å². The number of nitrogens with one attached hydrogen (secondary N) is 1. The number of hydrogen-bond donors (Lipinski definition) is 1. The predicted molar refractivity (Wildman–Crippen MR) is 59.9 cm³/mol. The zero-order valence-electron chi connectivity index (χ0n) is 9.22. The first-order valence-electron chi connectivity index (χ1n) is 4.89. The van der Waals surface area contributed by atoms with Crippen LogP contribution in [-0.2, 0) is 0 Å². The molecule has 14 heavy (non-hydrogen) atoms. The highest BCUT2D eigenvalue weighted by molar-refractivity contribution is 5.96. The van der Waals surface area contributed by atoms with E-state index < -0.39 is 0 Å². The monoisotopic (exact) mass is 191 g/mol. The topological polar surface area (TPSA) is 29.1 Å². The fraction of sp³-hybridized carbons (Fsp3) is 0.417. The van der Waals surface area contributed by atoms with Gasteiger partial charge in [-0.05, 0) is 45.4 Å². The van der Waals surface area contributed by atoms with E-state index in [2.05, 4.69) is 19.2 Å². The SMILES string of the molecule is CC(=O)c1cc(NC(C)C)ccc1C. The van der Waals surface area contributed by atoms with Gasteiger partial charge in [0, 0.05) is 17.3 Å². The molecule has 0 saturated carbocycles. The Balaban J connectivity index is 3.00. The van der Waals surface area contributed by atoms with Crippen molar-refractivity contribution in [3.8, 4) is 0 Å². The molecule has 0 aliphatic rings. The number of anilines is 1. The lowest BCUT2D eigenvalue weighted by molar-refractivity contribution is 0.101. The first kappa shape index (κ1) is 10.8. The maximum absolute atomic E-state index is 11.3. The Hall–Kier alpha value is -1.31. The first-order chi connectivity index (χ1) is 6.50. The van der Waals surface area contributed by atoms with E-state index in [1.165, 1.54) is 0 Å². The van der Waals surface area contributed by atoms with Crippen LogP contribution in [-0.4, -0.2) is 11.8 Å². The van der Waals surface area contributed by atoms with Crippen LogP contribution in [0.1, 0.15) is 36.7 Å². The number of carbonyl (C=O) groups is 1. The van der Waals surface area contributed by atoms with Gasteiger partial charge < -0.3 is 5.32 Å². The lowest BCUT2D eigenvalue weighted by atomic mass is 10.0. The van der Waals surface area contributed by atoms with Crippen LogP contribution in [0.2, 0.25) is 0 Å². The molecule has 0 aliphatic carbocycles. The molecule has 0 atom stereocenters. The molecule has 1 N–H and O–H groups in total. The molecule has 0 bridgehead atoms. The smallest absolute Gasteiger partial charge is 0.160 e. The van der Waals surface area contributed by atoms with E-state index >= 15 is 0 Å². The average molecular weight is 191 g/mol. The minimum Gasteiger partial charge on any atom is -0.383 e. The van der Waals surface area contributed by atoms with Crippen LogP contribution in [0.3, 0.4) is 0 Å². The van der Waals surface area contributed by atoms with Crippen molar-refractivity contribution in [1.29, 1.82) is 0 Å². The quantitative estimate of drug-likeness (QED) is 0.744. The summed E-state index contributed by atoms with van der Waals surface area (Å²) in [7, 11) is 0. The second kappa shape index (κ2) is 4.27. The first-order valence-corrected chi connectivity index (χ1v) is 4.89. The Morgan fingerprint density at radius 1 is 1.36 bits per heavy atom. The molecule has 0 heterocycles. The van der Waals surface area contributed by atoms with Crippen molar-refractivity contribution in [2.24, 2.45) is 0 Å². The molecule has 76 valence electrons. The number of benzene rings is 1. The van der Waals surface area contributed by atoms with E-state index in [1.54, 1.807) is 6.92 Å². The van der Waals surface area contributed by atoms with Crippen LogP contribution < -0.4 is 5.32 Å². The van der Waals surface area contributed by atoms with Crippen LogP contribution >= 0.6 is 0 Å². The summed E-state index contributed by atoms with van der Waals surface area (Å²) in [5, 5.41) is 3.28. The van der Waals surface area contributed by atoms with Crippen molar-refractivity contribution in [3.63, 3.8) is 0 Å². The summed E-state index contributed by atoms with van der Waals surface area (Å²) in [6.45, 7) is 7.71. The zero-order valence-corrected chi connectivity index (χ0v) is 9.22. The van der Waals surface area contributed by atoms with Crippen LogP contribution in [0.15, 0.2) is 18.2 Å². The molecule has 0 unspecified atom stereocenters. The van der Waals surface area contributed by atoms with Gasteiger partial charge >= 0.3 is 0 Å². The van der Waals surface area contributed by atoms with Crippen molar-refractivity contribution < 1.29 is 4.79 Å². The summed E-state index contributed by atoms with van der Waals surface area (Å²) in [5.41, 5.74) is 2.85. The Morgan fingerprint density at radius 2 is 2.00 bits per heavy atom. The molecule has 0 fully saturated rings. The molecule has 1 aromatic rings. The molecule has 0 spiro atoms. The highest BCUT2D eigenvalue weighted by Gasteiger charge is 2.05. The van der Waals surface area contributed by atoms with Gasteiger partial charge in [-0.25, -0.2) is 0 Å². The number of aryl methyl sites for hydroxylation is 1. The normalized spacial score (nSPS) is 10.4. The molecular formula is C12H17NO. The largest absolute Gasteiger partial charge is 0.383 e. The lowest BCUT2D eigenvalue weighted by Gasteiger charge is -2.11. The van der Waals surface area contributed by atoms with Gasteiger partial charge in [0.1, 0.15) is 0 Å². The highest BCUT2D eigenvalue weighted by atomic mass is 16.1. The van der Waals surface area contributed by atoms with Gasteiger partial charge in [0.2, 0.25) is 0 Å². The summed E-state index contributed by atoms with van der Waals surface area (Å²) < 4.78 is 0. The van der Waals surface area contributed by atoms with Gasteiger partial charge in [-0.3, -0.25) is 4.79 Å². The third kappa shape index (κ3) is 2.59. The molecule has 0 saturated heterocycles. The Labute approximate surface area is 85.3 Å². The van der Waals surface area contributed by atoms with Crippen molar-refractivity contribution in [3.05, 3.63) is 29.3 Å². The second-order valence-corrected chi connectivity index (χ2v) is 3.88. The third-order valence-electron chi connectivity index (χ3n) is 2.07. The Bertz CT molecular complexity index is 342. The summed E-state index contributed by atoms with van der Waals surface area (Å²) >= 11 is 0. The van der Waals surface area contributed by atoms with E-state index in [0.717, 1.165) is 16.8 Å². The van der Waals surface area contributed by atoms with E-state index in [-0.39, 0.29) is 5.78 Å². The highest BCUT2D eigenvalue weighted by Crippen LogP contribution is 2.16. The van der Waals surface area contributed by atoms with Crippen LogP contribution in [0.25, 0.3) is 0 Å². The van der Waals surface area contributed by atoms with Gasteiger partial charge in [0.15, 0.2) is 5.78 Å². The molecule has 2 heteroatoms. The number of carbonyl (C=O) groups excluding carboxylic acids is 1. The second-order valence-electron chi connectivity index (χ2n) is 3.88. The van der Waals surface area contributed by atoms with E-state index in [4.69, 9.17) is 0 Å². The van der Waals surface area contributed by atoms with Crippen molar-refractivity contribution in [2.75, 3.05) is 5.32 Å². The van der Waals surface area contributed by atoms with Crippen molar-refractivity contribution >= 4 is 11.5 Å². The molecule has 0 amide bonds. The van der Waals surface area contributed by atoms with E-state index in [1.807, 2.05) is 25.1 Å². The summed E-state index contributed by atoms with van der Waals surface area (Å²) in [6, 6.07) is 6.28. The maximum Gasteiger partial charge on any atom is 0.160 e. The molecule has 0 radical (unpaired) electrons. The molecule has 1 rings (SSSR count). The van der Waals surface area contributed by atoms with E-state index in [0.29, 0.717) is 6.04 Å². The molecule has 2 nitrogen and oxygen atoms in total. The molecule has 1 aromatic carbocycles. The van der Waals surface area contributed by atoms with Gasteiger partial charge in [-0.15, -0.1) is 0 Å². The van der Waals surface area contributed by atoms with Gasteiger partial charge in [0.25, 0.3) is 0 Å². The predicted octanol–water partition coefficient (Wildman–Crippen LogP) is 3.02. The molecule has 0 aromatic heterocycles. The average Bonchev–Trinajstić information content (AvgIpc) is 2.07. The zero-order chi connectivity index (χ0) is 10.7. The van der Waals surface area contributed by atoms with Gasteiger partial charge in [-0.1, -0.05) is 6.07 Å². The third-order valence-corrected chi connectivity index (χ3v) is 2.07. The van der Waals surface area contributed by atoms with Gasteiger partial charge in [0.05, 0.1) is 0 Å². The number of hydrogen-bond acceptors (Lipinski definition) is 2. The number of Topliss-reactive ketones (excluding diaryl/α,β-unsaturated/α-hetero) is 1. The number of rotatable bonds is 3. The summed E-state index contributed by atoms with van der Waals surface area (Å²) in [6.07, 6.45) is 0. The van der Waals surface area contributed by atoms with Crippen LogP contribution in [0.5, 0.6) is 0 Å². The van der Waals surface area contributed by atoms with Crippen molar-refractivity contribution in [2.45, 2.75) is 33.7 Å². The van der Waals surface area contributed by atoms with Crippen molar-refractivity contribution in [1.82, 2.24) is 0 Å². The number of ketones is 1. The van der Waals surface area contributed by atoms with Crippen LogP contribution in [0.4, 0.5) is 5.69 Å². The van der Waals surface area contributed by atoms with E-state index in [9.17, 15) is 4.79 Å². The Morgan fingerprint density at radius 3 is 2.50 bits per heavy atom. The lowest BCUT2D eigenvalue weighted by Crippen LogP contribution is -2.10. The standard InChI is InChI=1S/C12H17NO/c1-8(2)13-11-6-5-9(3)12(7-11)10(4)14/h5-8,13H,1-4H3. The summed E-state index contributed by atoms with van der Waals surface area (Å²) in [4.78, 5) is 11.3. The summed E-state index contributed by atoms with van der Waals surface area (Å²) in [5.74, 6) is 0.120. The maximum atomic E-state index is 11.3. The minimum atomic E-state index is 0.120. The Kier molecular flexibility index (Phi) is 3.28. The minimum absolute atomic E-state index is 0.120.